The lowest BCUT2D eigenvalue weighted by Gasteiger charge is -2.32. The summed E-state index contributed by atoms with van der Waals surface area (Å²) in [6.07, 6.45) is 23.9. The Balaban J connectivity index is 1.51. The predicted molar refractivity (Wildman–Crippen MR) is 105 cm³/mol. The second-order valence-corrected chi connectivity index (χ2v) is 8.27. The molecule has 24 heavy (non-hydrogen) atoms. The van der Waals surface area contributed by atoms with Crippen LogP contribution in [0.5, 0.6) is 0 Å². The minimum atomic E-state index is 0.534. The summed E-state index contributed by atoms with van der Waals surface area (Å²) in [6.45, 7) is 8.47. The van der Waals surface area contributed by atoms with Crippen molar-refractivity contribution in [3.8, 4) is 0 Å². The van der Waals surface area contributed by atoms with Crippen LogP contribution in [0.25, 0.3) is 0 Å². The van der Waals surface area contributed by atoms with Crippen molar-refractivity contribution in [3.05, 3.63) is 25.3 Å². The van der Waals surface area contributed by atoms with E-state index >= 15 is 0 Å². The smallest absolute Gasteiger partial charge is 0.0575 e. The zero-order valence-electron chi connectivity index (χ0n) is 15.9. The van der Waals surface area contributed by atoms with E-state index < -0.39 is 0 Å². The molecule has 2 aliphatic rings. The third kappa shape index (κ3) is 7.55. The Hall–Kier alpha value is -0.560. The molecule has 2 rings (SSSR count). The Morgan fingerprint density at radius 1 is 0.667 bits per heavy atom. The van der Waals surface area contributed by atoms with Crippen LogP contribution in [0.3, 0.4) is 0 Å². The fourth-order valence-electron chi connectivity index (χ4n) is 4.74. The van der Waals surface area contributed by atoms with E-state index in [1.807, 2.05) is 6.08 Å². The molecule has 0 aromatic carbocycles. The summed E-state index contributed by atoms with van der Waals surface area (Å²) >= 11 is 0. The van der Waals surface area contributed by atoms with Gasteiger partial charge in [-0.15, -0.1) is 13.2 Å². The van der Waals surface area contributed by atoms with Crippen LogP contribution < -0.4 is 0 Å². The van der Waals surface area contributed by atoms with Gasteiger partial charge in [0.1, 0.15) is 0 Å². The average Bonchev–Trinajstić information content (AvgIpc) is 2.63. The van der Waals surface area contributed by atoms with Gasteiger partial charge in [-0.05, 0) is 62.7 Å². The normalized spacial score (nSPS) is 30.8. The molecule has 0 aromatic heterocycles. The van der Waals surface area contributed by atoms with Crippen LogP contribution >= 0.6 is 0 Å². The fraction of sp³-hybridized carbons (Fsp3) is 0.826. The van der Waals surface area contributed by atoms with Crippen LogP contribution in [-0.4, -0.2) is 12.7 Å². The van der Waals surface area contributed by atoms with Gasteiger partial charge in [-0.3, -0.25) is 0 Å². The maximum Gasteiger partial charge on any atom is 0.0575 e. The van der Waals surface area contributed by atoms with E-state index in [1.54, 1.807) is 0 Å². The van der Waals surface area contributed by atoms with Gasteiger partial charge in [-0.1, -0.05) is 57.1 Å². The first kappa shape index (κ1) is 19.8. The molecule has 0 saturated heterocycles. The van der Waals surface area contributed by atoms with Gasteiger partial charge in [0.05, 0.1) is 12.7 Å². The zero-order valence-corrected chi connectivity index (χ0v) is 15.9. The number of unbranched alkanes of at least 4 members (excludes halogenated alkanes) is 1. The van der Waals surface area contributed by atoms with Crippen LogP contribution in [0.4, 0.5) is 0 Å². The maximum absolute atomic E-state index is 5.94. The third-order valence-corrected chi connectivity index (χ3v) is 6.44. The SMILES string of the molecule is C=CCCC[C@H]1CC[C@H](CC[C@H]2CC[C@H](OCCC=C)CC2)CC1. The lowest BCUT2D eigenvalue weighted by Crippen LogP contribution is -2.23. The molecule has 0 bridgehead atoms. The van der Waals surface area contributed by atoms with Crippen molar-refractivity contribution in [2.45, 2.75) is 96.0 Å². The maximum atomic E-state index is 5.94. The second kappa shape index (κ2) is 11.9. The van der Waals surface area contributed by atoms with Crippen molar-refractivity contribution in [3.63, 3.8) is 0 Å². The molecule has 2 saturated carbocycles. The van der Waals surface area contributed by atoms with E-state index in [0.717, 1.165) is 30.8 Å². The minimum Gasteiger partial charge on any atom is -0.378 e. The van der Waals surface area contributed by atoms with E-state index in [0.29, 0.717) is 6.10 Å². The molecule has 0 spiro atoms. The topological polar surface area (TPSA) is 9.23 Å². The molecule has 0 N–H and O–H groups in total. The summed E-state index contributed by atoms with van der Waals surface area (Å²) in [4.78, 5) is 0. The molecule has 0 aromatic rings. The molecule has 2 fully saturated rings. The molecular formula is C23H40O. The van der Waals surface area contributed by atoms with Crippen LogP contribution in [-0.2, 0) is 4.74 Å². The van der Waals surface area contributed by atoms with E-state index in [2.05, 4.69) is 19.2 Å². The quantitative estimate of drug-likeness (QED) is 0.290. The van der Waals surface area contributed by atoms with Gasteiger partial charge in [0, 0.05) is 0 Å². The minimum absolute atomic E-state index is 0.534. The van der Waals surface area contributed by atoms with Crippen LogP contribution in [0.1, 0.15) is 89.9 Å². The highest BCUT2D eigenvalue weighted by Crippen LogP contribution is 2.37. The Kier molecular flexibility index (Phi) is 9.80. The summed E-state index contributed by atoms with van der Waals surface area (Å²) in [5.41, 5.74) is 0. The summed E-state index contributed by atoms with van der Waals surface area (Å²) in [6, 6.07) is 0. The Labute approximate surface area is 150 Å². The molecule has 138 valence electrons. The van der Waals surface area contributed by atoms with Gasteiger partial charge in [-0.25, -0.2) is 0 Å². The first-order valence-corrected chi connectivity index (χ1v) is 10.6. The van der Waals surface area contributed by atoms with Crippen molar-refractivity contribution < 1.29 is 4.74 Å². The molecule has 0 aliphatic heterocycles. The van der Waals surface area contributed by atoms with E-state index in [1.165, 1.54) is 83.5 Å². The van der Waals surface area contributed by atoms with Gasteiger partial charge in [-0.2, -0.15) is 0 Å². The molecule has 0 atom stereocenters. The van der Waals surface area contributed by atoms with Gasteiger partial charge in [0.25, 0.3) is 0 Å². The van der Waals surface area contributed by atoms with Crippen molar-refractivity contribution in [2.24, 2.45) is 17.8 Å². The highest BCUT2D eigenvalue weighted by atomic mass is 16.5. The predicted octanol–water partition coefficient (Wildman–Crippen LogP) is 7.08. The number of ether oxygens (including phenoxy) is 1. The summed E-state index contributed by atoms with van der Waals surface area (Å²) in [5.74, 6) is 3.03. The monoisotopic (exact) mass is 332 g/mol. The van der Waals surface area contributed by atoms with E-state index in [9.17, 15) is 0 Å². The number of rotatable bonds is 11. The lowest BCUT2D eigenvalue weighted by molar-refractivity contribution is 0.0189. The highest BCUT2D eigenvalue weighted by Gasteiger charge is 2.24. The zero-order chi connectivity index (χ0) is 17.0. The molecule has 2 aliphatic carbocycles. The molecule has 1 nitrogen and oxygen atoms in total. The second-order valence-electron chi connectivity index (χ2n) is 8.27. The van der Waals surface area contributed by atoms with Gasteiger partial charge in [0.15, 0.2) is 0 Å². The molecule has 0 unspecified atom stereocenters. The van der Waals surface area contributed by atoms with Crippen LogP contribution in [0, 0.1) is 17.8 Å². The number of hydrogen-bond acceptors (Lipinski definition) is 1. The van der Waals surface area contributed by atoms with Gasteiger partial charge >= 0.3 is 0 Å². The van der Waals surface area contributed by atoms with Gasteiger partial charge < -0.3 is 4.74 Å². The molecule has 1 heteroatoms. The molecular weight excluding hydrogens is 292 g/mol. The third-order valence-electron chi connectivity index (χ3n) is 6.44. The van der Waals surface area contributed by atoms with E-state index in [-0.39, 0.29) is 0 Å². The molecule has 0 heterocycles. The van der Waals surface area contributed by atoms with Gasteiger partial charge in [0.2, 0.25) is 0 Å². The molecule has 0 radical (unpaired) electrons. The van der Waals surface area contributed by atoms with Crippen molar-refractivity contribution >= 4 is 0 Å². The number of hydrogen-bond donors (Lipinski definition) is 0. The van der Waals surface area contributed by atoms with Crippen molar-refractivity contribution in [1.82, 2.24) is 0 Å². The molecule has 0 amide bonds. The Morgan fingerprint density at radius 3 is 1.71 bits per heavy atom. The van der Waals surface area contributed by atoms with Crippen LogP contribution in [0.2, 0.25) is 0 Å². The standard InChI is InChI=1S/C23H40O/c1-3-5-7-8-20-9-11-21(12-10-20)13-14-22-15-17-23(18-16-22)24-19-6-4-2/h3-4,20-23H,1-2,5-19H2/t20-,21-,22-,23-. The largest absolute Gasteiger partial charge is 0.378 e. The summed E-state index contributed by atoms with van der Waals surface area (Å²) in [7, 11) is 0. The Morgan fingerprint density at radius 2 is 1.17 bits per heavy atom. The van der Waals surface area contributed by atoms with E-state index in [4.69, 9.17) is 4.74 Å². The average molecular weight is 333 g/mol. The number of allylic oxidation sites excluding steroid dienone is 1. The van der Waals surface area contributed by atoms with Crippen molar-refractivity contribution in [1.29, 1.82) is 0 Å². The summed E-state index contributed by atoms with van der Waals surface area (Å²) in [5, 5.41) is 0. The van der Waals surface area contributed by atoms with Crippen molar-refractivity contribution in [2.75, 3.05) is 6.61 Å². The Bertz CT molecular complexity index is 298. The lowest BCUT2D eigenvalue weighted by atomic mass is 9.76. The fourth-order valence-corrected chi connectivity index (χ4v) is 4.74. The van der Waals surface area contributed by atoms with Crippen LogP contribution in [0.15, 0.2) is 25.3 Å². The first-order chi connectivity index (χ1) is 11.8. The highest BCUT2D eigenvalue weighted by molar-refractivity contribution is 4.78. The first-order valence-electron chi connectivity index (χ1n) is 10.6. The summed E-state index contributed by atoms with van der Waals surface area (Å²) < 4.78 is 5.94.